The fourth-order valence-electron chi connectivity index (χ4n) is 6.79. The molecular weight excluding hydrogens is 419 g/mol. The molecule has 0 amide bonds. The molecule has 2 nitrogen and oxygen atoms in total. The van der Waals surface area contributed by atoms with E-state index < -0.39 is 5.31 Å². The van der Waals surface area contributed by atoms with Gasteiger partial charge in [-0.25, -0.2) is 0 Å². The van der Waals surface area contributed by atoms with Crippen molar-refractivity contribution in [1.29, 1.82) is 0 Å². The SMILES string of the molecule is CCCOC(=O)CP(Br)(C1CCCCC1)(C1CCCCC1)C1CCCCC1. The zero-order valence-electron chi connectivity index (χ0n) is 17.6. The number of ether oxygens (including phenoxy) is 1. The quantitative estimate of drug-likeness (QED) is 0.286. The van der Waals surface area contributed by atoms with Gasteiger partial charge in [0.2, 0.25) is 0 Å². The molecule has 158 valence electrons. The first-order valence-electron chi connectivity index (χ1n) is 12.0. The first-order chi connectivity index (χ1) is 13.1. The van der Waals surface area contributed by atoms with Crippen LogP contribution in [-0.2, 0) is 9.53 Å². The summed E-state index contributed by atoms with van der Waals surface area (Å²) in [7, 11) is 0. The van der Waals surface area contributed by atoms with Gasteiger partial charge in [-0.2, -0.15) is 0 Å². The molecule has 0 bridgehead atoms. The Balaban J connectivity index is 1.99. The summed E-state index contributed by atoms with van der Waals surface area (Å²) in [6.07, 6.45) is 22.2. The van der Waals surface area contributed by atoms with Crippen molar-refractivity contribution in [3.05, 3.63) is 0 Å². The van der Waals surface area contributed by atoms with Gasteiger partial charge in [-0.05, 0) is 0 Å². The molecule has 0 heterocycles. The first kappa shape index (κ1) is 22.1. The third-order valence-corrected chi connectivity index (χ3v) is 21.5. The van der Waals surface area contributed by atoms with Gasteiger partial charge in [0.25, 0.3) is 0 Å². The Morgan fingerprint density at radius 3 is 1.48 bits per heavy atom. The van der Waals surface area contributed by atoms with E-state index in [1.54, 1.807) is 0 Å². The van der Waals surface area contributed by atoms with Gasteiger partial charge in [-0.3, -0.25) is 0 Å². The number of rotatable bonds is 7. The molecule has 0 N–H and O–H groups in total. The molecule has 3 saturated carbocycles. The summed E-state index contributed by atoms with van der Waals surface area (Å²) < 4.78 is 5.75. The minimum absolute atomic E-state index is 0.119. The molecule has 0 atom stereocenters. The second-order valence-electron chi connectivity index (χ2n) is 9.66. The Kier molecular flexibility index (Phi) is 8.11. The predicted molar refractivity (Wildman–Crippen MR) is 123 cm³/mol. The number of hydrogen-bond acceptors (Lipinski definition) is 2. The van der Waals surface area contributed by atoms with E-state index in [1.165, 1.54) is 96.3 Å². The van der Waals surface area contributed by atoms with E-state index in [9.17, 15) is 4.79 Å². The van der Waals surface area contributed by atoms with Crippen LogP contribution in [0, 0.1) is 0 Å². The average molecular weight is 461 g/mol. The molecule has 0 aromatic heterocycles. The molecule has 0 spiro atoms. The summed E-state index contributed by atoms with van der Waals surface area (Å²) in [5.74, 6) is 0.119. The van der Waals surface area contributed by atoms with Crippen molar-refractivity contribution in [1.82, 2.24) is 0 Å². The summed E-state index contributed by atoms with van der Waals surface area (Å²) in [6, 6.07) is 0. The van der Waals surface area contributed by atoms with Crippen LogP contribution in [0.25, 0.3) is 0 Å². The molecule has 3 aliphatic rings. The molecule has 0 unspecified atom stereocenters. The van der Waals surface area contributed by atoms with E-state index in [2.05, 4.69) is 6.92 Å². The van der Waals surface area contributed by atoms with Crippen LogP contribution < -0.4 is 0 Å². The molecule has 3 rings (SSSR count). The van der Waals surface area contributed by atoms with Crippen LogP contribution in [0.2, 0.25) is 0 Å². The number of halogens is 1. The second kappa shape index (κ2) is 9.92. The van der Waals surface area contributed by atoms with Crippen LogP contribution in [-0.4, -0.2) is 35.7 Å². The number of carbonyl (C=O) groups excluding carboxylic acids is 1. The van der Waals surface area contributed by atoms with Crippen molar-refractivity contribution in [3.63, 3.8) is 0 Å². The van der Waals surface area contributed by atoms with Crippen LogP contribution in [0.3, 0.4) is 0 Å². The van der Waals surface area contributed by atoms with Crippen LogP contribution in [0.5, 0.6) is 0 Å². The number of hydrogen-bond donors (Lipinski definition) is 0. The summed E-state index contributed by atoms with van der Waals surface area (Å²) >= 11 is 4.70. The van der Waals surface area contributed by atoms with E-state index in [4.69, 9.17) is 20.2 Å². The van der Waals surface area contributed by atoms with Gasteiger partial charge in [0.15, 0.2) is 0 Å². The first-order valence-corrected chi connectivity index (χ1v) is 16.6. The van der Waals surface area contributed by atoms with Crippen LogP contribution >= 0.6 is 20.8 Å². The summed E-state index contributed by atoms with van der Waals surface area (Å²) in [5, 5.41) is -2.38. The number of carbonyl (C=O) groups is 1. The predicted octanol–water partition coefficient (Wildman–Crippen LogP) is 7.80. The molecular formula is C23H42BrO2P. The molecule has 0 saturated heterocycles. The Morgan fingerprint density at radius 2 is 1.15 bits per heavy atom. The molecule has 0 radical (unpaired) electrons. The molecule has 4 heteroatoms. The average Bonchev–Trinajstić information content (AvgIpc) is 2.74. The van der Waals surface area contributed by atoms with Crippen molar-refractivity contribution in [2.24, 2.45) is 0 Å². The van der Waals surface area contributed by atoms with Gasteiger partial charge >= 0.3 is 176 Å². The Labute approximate surface area is 175 Å². The summed E-state index contributed by atoms with van der Waals surface area (Å²) in [5.41, 5.74) is 2.31. The van der Waals surface area contributed by atoms with Crippen molar-refractivity contribution in [3.8, 4) is 0 Å². The van der Waals surface area contributed by atoms with Crippen molar-refractivity contribution in [2.75, 3.05) is 12.8 Å². The number of esters is 1. The van der Waals surface area contributed by atoms with Crippen molar-refractivity contribution >= 4 is 26.8 Å². The van der Waals surface area contributed by atoms with Gasteiger partial charge in [-0.15, -0.1) is 0 Å². The van der Waals surface area contributed by atoms with E-state index in [0.717, 1.165) is 29.6 Å². The maximum atomic E-state index is 13.1. The van der Waals surface area contributed by atoms with Crippen molar-refractivity contribution < 1.29 is 9.53 Å². The van der Waals surface area contributed by atoms with E-state index >= 15 is 0 Å². The molecule has 3 fully saturated rings. The van der Waals surface area contributed by atoms with Gasteiger partial charge < -0.3 is 0 Å². The Morgan fingerprint density at radius 1 is 0.778 bits per heavy atom. The van der Waals surface area contributed by atoms with E-state index in [1.807, 2.05) is 0 Å². The molecule has 3 aliphatic carbocycles. The third-order valence-electron chi connectivity index (χ3n) is 8.11. The minimum atomic E-state index is -2.38. The van der Waals surface area contributed by atoms with Crippen LogP contribution in [0.4, 0.5) is 0 Å². The second-order valence-corrected chi connectivity index (χ2v) is 20.2. The fraction of sp³-hybridized carbons (Fsp3) is 0.957. The summed E-state index contributed by atoms with van der Waals surface area (Å²) in [4.78, 5) is 13.1. The molecule has 27 heavy (non-hydrogen) atoms. The van der Waals surface area contributed by atoms with E-state index in [0.29, 0.717) is 6.61 Å². The zero-order chi connectivity index (χ0) is 19.2. The fourth-order valence-corrected chi connectivity index (χ4v) is 18.9. The maximum absolute atomic E-state index is 13.1. The van der Waals surface area contributed by atoms with Gasteiger partial charge in [0.05, 0.1) is 0 Å². The standard InChI is InChI=1S/C23H42BrO2P/c1-2-18-26-23(25)19-27(24,20-12-6-3-7-13-20,21-14-8-4-9-15-21)22-16-10-5-11-17-22/h20-22H,2-19H2,1H3. The zero-order valence-corrected chi connectivity index (χ0v) is 20.1. The molecule has 0 aliphatic heterocycles. The normalized spacial score (nSPS) is 25.6. The van der Waals surface area contributed by atoms with Crippen molar-refractivity contribution in [2.45, 2.75) is 127 Å². The van der Waals surface area contributed by atoms with Gasteiger partial charge in [0.1, 0.15) is 0 Å². The summed E-state index contributed by atoms with van der Waals surface area (Å²) in [6.45, 7) is 2.70. The topological polar surface area (TPSA) is 26.3 Å². The Hall–Kier alpha value is 0.380. The molecule has 0 aromatic carbocycles. The van der Waals surface area contributed by atoms with Gasteiger partial charge in [-0.1, -0.05) is 0 Å². The third kappa shape index (κ3) is 4.60. The monoisotopic (exact) mass is 460 g/mol. The molecule has 0 aromatic rings. The Bertz CT molecular complexity index is 428. The van der Waals surface area contributed by atoms with Crippen LogP contribution in [0.15, 0.2) is 0 Å². The van der Waals surface area contributed by atoms with Crippen LogP contribution in [0.1, 0.15) is 110 Å². The van der Waals surface area contributed by atoms with Gasteiger partial charge in [0, 0.05) is 0 Å². The van der Waals surface area contributed by atoms with E-state index in [-0.39, 0.29) is 5.97 Å².